The molecule has 1 N–H and O–H groups in total. The molecule has 2 bridgehead atoms. The number of piperidine rings is 1. The summed E-state index contributed by atoms with van der Waals surface area (Å²) in [5.74, 6) is -1.95. The smallest absolute Gasteiger partial charge is 0.346 e. The molecular formula is C19H31N3O9S. The van der Waals surface area contributed by atoms with Crippen LogP contribution in [-0.2, 0) is 38.3 Å². The second-order valence-corrected chi connectivity index (χ2v) is 9.49. The van der Waals surface area contributed by atoms with Gasteiger partial charge in [0.15, 0.2) is 12.0 Å². The van der Waals surface area contributed by atoms with E-state index in [-0.39, 0.29) is 32.7 Å². The summed E-state index contributed by atoms with van der Waals surface area (Å²) in [6.07, 6.45) is 3.15. The molecule has 0 aromatic rings. The SMILES string of the molecule is CCCCCOC(=O)C(C)S(=O)(=O)ON1C(=O)N2C[C@H]1CC[C@H]2C(=O)NCOC(=O)CC. The fraction of sp³-hybridized carbons (Fsp3) is 0.789. The Labute approximate surface area is 187 Å². The average Bonchev–Trinajstić information content (AvgIpc) is 2.99. The quantitative estimate of drug-likeness (QED) is 0.243. The van der Waals surface area contributed by atoms with Crippen molar-refractivity contribution in [1.29, 1.82) is 0 Å². The van der Waals surface area contributed by atoms with E-state index in [1.807, 2.05) is 6.92 Å². The number of nitrogens with zero attached hydrogens (tertiary/aromatic N) is 2. The zero-order chi connectivity index (χ0) is 23.9. The van der Waals surface area contributed by atoms with Crippen LogP contribution < -0.4 is 5.32 Å². The summed E-state index contributed by atoms with van der Waals surface area (Å²) in [5.41, 5.74) is 0. The predicted molar refractivity (Wildman–Crippen MR) is 110 cm³/mol. The molecule has 1 unspecified atom stereocenters. The highest BCUT2D eigenvalue weighted by molar-refractivity contribution is 7.88. The molecule has 13 heteroatoms. The molecule has 2 aliphatic rings. The number of unbranched alkanes of at least 4 members (excludes halogenated alkanes) is 2. The Morgan fingerprint density at radius 1 is 1.16 bits per heavy atom. The van der Waals surface area contributed by atoms with E-state index in [1.165, 1.54) is 4.90 Å². The third-order valence-corrected chi connectivity index (χ3v) is 6.76. The molecule has 32 heavy (non-hydrogen) atoms. The highest BCUT2D eigenvalue weighted by Crippen LogP contribution is 2.31. The lowest BCUT2D eigenvalue weighted by molar-refractivity contribution is -0.146. The molecule has 3 atom stereocenters. The minimum Gasteiger partial charge on any atom is -0.465 e. The van der Waals surface area contributed by atoms with Crippen LogP contribution in [0.1, 0.15) is 59.3 Å². The van der Waals surface area contributed by atoms with Gasteiger partial charge in [-0.15, -0.1) is 4.28 Å². The van der Waals surface area contributed by atoms with Crippen molar-refractivity contribution in [3.8, 4) is 0 Å². The predicted octanol–water partition coefficient (Wildman–Crippen LogP) is 0.665. The molecule has 0 aliphatic carbocycles. The lowest BCUT2D eigenvalue weighted by Gasteiger charge is -2.29. The van der Waals surface area contributed by atoms with E-state index in [2.05, 4.69) is 5.32 Å². The van der Waals surface area contributed by atoms with E-state index in [0.717, 1.165) is 19.8 Å². The molecule has 0 aromatic heterocycles. The zero-order valence-corrected chi connectivity index (χ0v) is 19.4. The van der Waals surface area contributed by atoms with Gasteiger partial charge in [-0.25, -0.2) is 4.79 Å². The number of ether oxygens (including phenoxy) is 2. The lowest BCUT2D eigenvalue weighted by Crippen LogP contribution is -2.50. The standard InChI is InChI=1S/C19H31N3O9S/c1-4-6-7-10-29-18(25)13(3)32(27,28)31-22-14-8-9-15(21(11-14)19(22)26)17(24)20-12-30-16(23)5-2/h13-15H,4-12H2,1-3H3,(H,20,24)/t13?,14-,15+/m1/s1. The Hall–Kier alpha value is -2.41. The number of esters is 2. The van der Waals surface area contributed by atoms with Crippen molar-refractivity contribution >= 4 is 34.0 Å². The number of amides is 3. The summed E-state index contributed by atoms with van der Waals surface area (Å²) >= 11 is 0. The Bertz CT molecular complexity index is 817. The van der Waals surface area contributed by atoms with Gasteiger partial charge in [0.2, 0.25) is 5.91 Å². The molecular weight excluding hydrogens is 446 g/mol. The molecule has 3 amide bonds. The van der Waals surface area contributed by atoms with Gasteiger partial charge >= 0.3 is 28.1 Å². The largest absolute Gasteiger partial charge is 0.465 e. The van der Waals surface area contributed by atoms with Crippen LogP contribution >= 0.6 is 0 Å². The Morgan fingerprint density at radius 2 is 1.88 bits per heavy atom. The molecule has 0 saturated carbocycles. The minimum atomic E-state index is -4.48. The number of carbonyl (C=O) groups is 4. The van der Waals surface area contributed by atoms with Gasteiger partial charge in [-0.1, -0.05) is 26.7 Å². The fourth-order valence-corrected chi connectivity index (χ4v) is 4.19. The van der Waals surface area contributed by atoms with Crippen molar-refractivity contribution in [3.63, 3.8) is 0 Å². The van der Waals surface area contributed by atoms with Crippen molar-refractivity contribution in [2.45, 2.75) is 76.6 Å². The number of nitrogens with one attached hydrogen (secondary N) is 1. The summed E-state index contributed by atoms with van der Waals surface area (Å²) in [6, 6.07) is -2.21. The van der Waals surface area contributed by atoms with Crippen LogP contribution in [0.2, 0.25) is 0 Å². The molecule has 2 rings (SSSR count). The van der Waals surface area contributed by atoms with Crippen molar-refractivity contribution in [1.82, 2.24) is 15.3 Å². The molecule has 2 aliphatic heterocycles. The first-order chi connectivity index (χ1) is 15.1. The highest BCUT2D eigenvalue weighted by Gasteiger charge is 2.50. The van der Waals surface area contributed by atoms with Crippen molar-refractivity contribution in [2.75, 3.05) is 19.9 Å². The number of urea groups is 1. The van der Waals surface area contributed by atoms with Crippen LogP contribution in [0.5, 0.6) is 0 Å². The normalized spacial score (nSPS) is 21.3. The Kier molecular flexibility index (Phi) is 9.25. The monoisotopic (exact) mass is 477 g/mol. The first-order valence-corrected chi connectivity index (χ1v) is 12.2. The van der Waals surface area contributed by atoms with Crippen LogP contribution in [0.15, 0.2) is 0 Å². The average molecular weight is 478 g/mol. The summed E-state index contributed by atoms with van der Waals surface area (Å²) < 4.78 is 39.9. The molecule has 0 aromatic carbocycles. The maximum Gasteiger partial charge on any atom is 0.346 e. The summed E-state index contributed by atoms with van der Waals surface area (Å²) in [4.78, 5) is 49.6. The van der Waals surface area contributed by atoms with Crippen LogP contribution in [-0.4, -0.2) is 79.5 Å². The molecule has 2 saturated heterocycles. The first-order valence-electron chi connectivity index (χ1n) is 10.8. The van der Waals surface area contributed by atoms with Crippen molar-refractivity contribution in [2.24, 2.45) is 0 Å². The Morgan fingerprint density at radius 3 is 2.53 bits per heavy atom. The van der Waals surface area contributed by atoms with Crippen LogP contribution in [0.4, 0.5) is 4.79 Å². The molecule has 182 valence electrons. The molecule has 2 heterocycles. The van der Waals surface area contributed by atoms with Gasteiger partial charge < -0.3 is 19.7 Å². The third kappa shape index (κ3) is 6.31. The molecule has 2 fully saturated rings. The van der Waals surface area contributed by atoms with E-state index < -0.39 is 51.3 Å². The number of hydrogen-bond acceptors (Lipinski definition) is 9. The molecule has 12 nitrogen and oxygen atoms in total. The molecule has 0 spiro atoms. The highest BCUT2D eigenvalue weighted by atomic mass is 32.2. The number of hydroxylamine groups is 2. The van der Waals surface area contributed by atoms with Gasteiger partial charge in [0.25, 0.3) is 0 Å². The fourth-order valence-electron chi connectivity index (χ4n) is 3.35. The lowest BCUT2D eigenvalue weighted by atomic mass is 10.0. The number of hydrogen-bond donors (Lipinski definition) is 1. The van der Waals surface area contributed by atoms with E-state index in [0.29, 0.717) is 17.9 Å². The zero-order valence-electron chi connectivity index (χ0n) is 18.6. The summed E-state index contributed by atoms with van der Waals surface area (Å²) in [5, 5.41) is 1.53. The van der Waals surface area contributed by atoms with Crippen molar-refractivity contribution in [3.05, 3.63) is 0 Å². The van der Waals surface area contributed by atoms with E-state index in [1.54, 1.807) is 6.92 Å². The van der Waals surface area contributed by atoms with Gasteiger partial charge in [-0.3, -0.25) is 14.4 Å². The van der Waals surface area contributed by atoms with E-state index in [9.17, 15) is 27.6 Å². The maximum absolute atomic E-state index is 12.7. The third-order valence-electron chi connectivity index (χ3n) is 5.34. The van der Waals surface area contributed by atoms with Gasteiger partial charge in [-0.2, -0.15) is 13.5 Å². The number of fused-ring (bicyclic) bond motifs is 2. The summed E-state index contributed by atoms with van der Waals surface area (Å²) in [7, 11) is -4.48. The second-order valence-electron chi connectivity index (χ2n) is 7.65. The minimum absolute atomic E-state index is 0.0943. The first kappa shape index (κ1) is 25.8. The second kappa shape index (κ2) is 11.5. The number of rotatable bonds is 12. The maximum atomic E-state index is 12.7. The topological polar surface area (TPSA) is 149 Å². The Balaban J connectivity index is 1.94. The van der Waals surface area contributed by atoms with Crippen molar-refractivity contribution < 1.29 is 41.4 Å². The summed E-state index contributed by atoms with van der Waals surface area (Å²) in [6.45, 7) is 4.62. The molecule has 0 radical (unpaired) electrons. The van der Waals surface area contributed by atoms with Crippen LogP contribution in [0.25, 0.3) is 0 Å². The van der Waals surface area contributed by atoms with E-state index >= 15 is 0 Å². The van der Waals surface area contributed by atoms with E-state index in [4.69, 9.17) is 13.8 Å². The van der Waals surface area contributed by atoms with Crippen LogP contribution in [0, 0.1) is 0 Å². The van der Waals surface area contributed by atoms with Gasteiger partial charge in [0.05, 0.1) is 12.6 Å². The van der Waals surface area contributed by atoms with Gasteiger partial charge in [-0.05, 0) is 26.2 Å². The number of carbonyl (C=O) groups excluding carboxylic acids is 4. The van der Waals surface area contributed by atoms with Crippen LogP contribution in [0.3, 0.4) is 0 Å². The van der Waals surface area contributed by atoms with Gasteiger partial charge in [0.1, 0.15) is 6.04 Å². The van der Waals surface area contributed by atoms with Gasteiger partial charge in [0, 0.05) is 13.0 Å².